The second kappa shape index (κ2) is 8.81. The van der Waals surface area contributed by atoms with Crippen LogP contribution in [0.5, 0.6) is 0 Å². The Morgan fingerprint density at radius 2 is 1.82 bits per heavy atom. The Morgan fingerprint density at radius 1 is 1.12 bits per heavy atom. The third kappa shape index (κ3) is 3.90. The minimum Gasteiger partial charge on any atom is -0.503 e. The third-order valence-corrected chi connectivity index (χ3v) is 8.44. The van der Waals surface area contributed by atoms with E-state index in [0.717, 1.165) is 26.8 Å². The monoisotopic (exact) mass is 503 g/mol. The molecule has 33 heavy (non-hydrogen) atoms. The maximum absolute atomic E-state index is 13.6. The van der Waals surface area contributed by atoms with Gasteiger partial charge in [0.2, 0.25) is 5.78 Å². The summed E-state index contributed by atoms with van der Waals surface area (Å²) in [6, 6.07) is 1.02. The Labute approximate surface area is 202 Å². The van der Waals surface area contributed by atoms with Gasteiger partial charge in [0.15, 0.2) is 10.9 Å². The molecule has 0 radical (unpaired) electrons. The number of ether oxygens (including phenoxy) is 1. The van der Waals surface area contributed by atoms with Crippen molar-refractivity contribution in [3.05, 3.63) is 59.4 Å². The van der Waals surface area contributed by atoms with Gasteiger partial charge in [0.1, 0.15) is 10.9 Å². The van der Waals surface area contributed by atoms with Crippen LogP contribution in [0.4, 0.5) is 5.13 Å². The SMILES string of the molecule is CCOC(=O)c1sc(N2C(=O)C(O)=C(C(=O)c3sc(C)nc3C)C2c2sccc2C)nc1C. The number of anilines is 1. The lowest BCUT2D eigenvalue weighted by molar-refractivity contribution is -0.117. The summed E-state index contributed by atoms with van der Waals surface area (Å²) in [5.41, 5.74) is 1.82. The molecule has 1 amide bonds. The smallest absolute Gasteiger partial charge is 0.350 e. The number of hydrogen-bond acceptors (Lipinski definition) is 10. The van der Waals surface area contributed by atoms with Crippen LogP contribution in [0.2, 0.25) is 0 Å². The molecule has 0 aliphatic carbocycles. The van der Waals surface area contributed by atoms with Crippen molar-refractivity contribution in [2.24, 2.45) is 0 Å². The van der Waals surface area contributed by atoms with Crippen LogP contribution in [0.3, 0.4) is 0 Å². The van der Waals surface area contributed by atoms with Gasteiger partial charge in [-0.05, 0) is 51.6 Å². The Bertz CT molecular complexity index is 1320. The highest BCUT2D eigenvalue weighted by atomic mass is 32.1. The number of aliphatic hydroxyl groups is 1. The summed E-state index contributed by atoms with van der Waals surface area (Å²) < 4.78 is 5.09. The number of ketones is 1. The number of amides is 1. The second-order valence-electron chi connectivity index (χ2n) is 7.42. The molecule has 0 bridgehead atoms. The van der Waals surface area contributed by atoms with Gasteiger partial charge < -0.3 is 9.84 Å². The van der Waals surface area contributed by atoms with E-state index in [0.29, 0.717) is 16.3 Å². The van der Waals surface area contributed by atoms with Crippen LogP contribution in [0.25, 0.3) is 0 Å². The summed E-state index contributed by atoms with van der Waals surface area (Å²) >= 11 is 3.60. The van der Waals surface area contributed by atoms with E-state index in [1.165, 1.54) is 27.6 Å². The zero-order valence-electron chi connectivity index (χ0n) is 18.6. The van der Waals surface area contributed by atoms with Crippen molar-refractivity contribution in [3.8, 4) is 0 Å². The molecular weight excluding hydrogens is 482 g/mol. The van der Waals surface area contributed by atoms with Crippen molar-refractivity contribution in [3.63, 3.8) is 0 Å². The van der Waals surface area contributed by atoms with Crippen LogP contribution in [0.1, 0.15) is 59.1 Å². The predicted octanol–water partition coefficient (Wildman–Crippen LogP) is 4.85. The van der Waals surface area contributed by atoms with E-state index in [1.54, 1.807) is 27.7 Å². The number of carbonyl (C=O) groups excluding carboxylic acids is 3. The van der Waals surface area contributed by atoms with Crippen molar-refractivity contribution < 1.29 is 24.2 Å². The molecule has 1 aliphatic rings. The first-order valence-electron chi connectivity index (χ1n) is 10.1. The molecular formula is C22H21N3O5S3. The van der Waals surface area contributed by atoms with Crippen molar-refractivity contribution in [2.45, 2.75) is 40.7 Å². The lowest BCUT2D eigenvalue weighted by atomic mass is 9.99. The molecule has 4 heterocycles. The minimum atomic E-state index is -0.868. The summed E-state index contributed by atoms with van der Waals surface area (Å²) in [6.45, 7) is 8.97. The van der Waals surface area contributed by atoms with Crippen LogP contribution in [0.15, 0.2) is 22.8 Å². The topological polar surface area (TPSA) is 110 Å². The molecule has 3 aromatic rings. The Balaban J connectivity index is 1.86. The fourth-order valence-corrected chi connectivity index (χ4v) is 6.57. The van der Waals surface area contributed by atoms with Gasteiger partial charge in [-0.3, -0.25) is 14.5 Å². The molecule has 0 saturated carbocycles. The molecule has 3 aromatic heterocycles. The number of aliphatic hydroxyl groups excluding tert-OH is 1. The number of thiophene rings is 1. The van der Waals surface area contributed by atoms with Gasteiger partial charge in [0.25, 0.3) is 5.91 Å². The van der Waals surface area contributed by atoms with Gasteiger partial charge in [0.05, 0.1) is 33.5 Å². The Kier molecular flexibility index (Phi) is 6.21. The van der Waals surface area contributed by atoms with Crippen molar-refractivity contribution in [1.29, 1.82) is 0 Å². The summed E-state index contributed by atoms with van der Waals surface area (Å²) in [7, 11) is 0. The second-order valence-corrected chi connectivity index (χ2v) is 10.5. The molecule has 11 heteroatoms. The molecule has 1 N–H and O–H groups in total. The number of Topliss-reactive ketones (excluding diaryl/α,β-unsaturated/α-hetero) is 1. The average Bonchev–Trinajstić information content (AvgIpc) is 3.49. The third-order valence-electron chi connectivity index (χ3n) is 5.16. The quantitative estimate of drug-likeness (QED) is 0.378. The number of hydrogen-bond donors (Lipinski definition) is 1. The highest BCUT2D eigenvalue weighted by Crippen LogP contribution is 2.46. The summed E-state index contributed by atoms with van der Waals surface area (Å²) in [4.78, 5) is 50.6. The molecule has 4 rings (SSSR count). The standard InChI is InChI=1S/C22H21N3O5S3/c1-6-30-21(29)19-11(4)24-22(33-19)25-14(17-9(2)7-8-31-17)13(16(27)20(25)28)15(26)18-10(3)23-12(5)32-18/h7-8,14,27H,6H2,1-5H3. The molecule has 8 nitrogen and oxygen atoms in total. The zero-order chi connectivity index (χ0) is 24.0. The summed E-state index contributed by atoms with van der Waals surface area (Å²) in [6.07, 6.45) is 0. The first-order chi connectivity index (χ1) is 15.6. The van der Waals surface area contributed by atoms with Crippen LogP contribution >= 0.6 is 34.0 Å². The fourth-order valence-electron chi connectivity index (χ4n) is 3.68. The van der Waals surface area contributed by atoms with E-state index < -0.39 is 29.5 Å². The molecule has 0 fully saturated rings. The summed E-state index contributed by atoms with van der Waals surface area (Å²) in [5, 5.41) is 13.7. The fraction of sp³-hybridized carbons (Fsp3) is 0.318. The van der Waals surface area contributed by atoms with Crippen molar-refractivity contribution in [2.75, 3.05) is 11.5 Å². The van der Waals surface area contributed by atoms with Gasteiger partial charge >= 0.3 is 5.97 Å². The largest absolute Gasteiger partial charge is 0.503 e. The van der Waals surface area contributed by atoms with Crippen LogP contribution in [0, 0.1) is 27.7 Å². The first kappa shape index (κ1) is 23.3. The van der Waals surface area contributed by atoms with E-state index >= 15 is 0 Å². The number of thiazole rings is 2. The van der Waals surface area contributed by atoms with Gasteiger partial charge in [-0.25, -0.2) is 14.8 Å². The van der Waals surface area contributed by atoms with Crippen LogP contribution in [-0.4, -0.2) is 39.3 Å². The van der Waals surface area contributed by atoms with E-state index in [1.807, 2.05) is 18.4 Å². The molecule has 0 saturated heterocycles. The number of esters is 1. The highest BCUT2D eigenvalue weighted by Gasteiger charge is 2.47. The molecule has 1 atom stereocenters. The lowest BCUT2D eigenvalue weighted by Gasteiger charge is -2.23. The zero-order valence-corrected chi connectivity index (χ0v) is 21.0. The maximum Gasteiger partial charge on any atom is 0.350 e. The van der Waals surface area contributed by atoms with Gasteiger partial charge in [-0.2, -0.15) is 0 Å². The number of aryl methyl sites for hydroxylation is 4. The Hall–Kier alpha value is -2.89. The van der Waals surface area contributed by atoms with Gasteiger partial charge in [-0.1, -0.05) is 11.3 Å². The number of carbonyl (C=O) groups is 3. The van der Waals surface area contributed by atoms with E-state index in [-0.39, 0.29) is 22.2 Å². The molecule has 172 valence electrons. The average molecular weight is 504 g/mol. The Morgan fingerprint density at radius 3 is 2.39 bits per heavy atom. The van der Waals surface area contributed by atoms with E-state index in [2.05, 4.69) is 9.97 Å². The van der Waals surface area contributed by atoms with Crippen LogP contribution < -0.4 is 4.90 Å². The number of aromatic nitrogens is 2. The highest BCUT2D eigenvalue weighted by molar-refractivity contribution is 7.18. The van der Waals surface area contributed by atoms with Crippen molar-refractivity contribution >= 4 is 56.8 Å². The van der Waals surface area contributed by atoms with Crippen molar-refractivity contribution in [1.82, 2.24) is 9.97 Å². The van der Waals surface area contributed by atoms with Gasteiger partial charge in [0, 0.05) is 4.88 Å². The molecule has 1 aliphatic heterocycles. The van der Waals surface area contributed by atoms with E-state index in [4.69, 9.17) is 4.74 Å². The molecule has 0 spiro atoms. The number of rotatable bonds is 6. The number of nitrogens with zero attached hydrogens (tertiary/aromatic N) is 3. The minimum absolute atomic E-state index is 0.0113. The summed E-state index contributed by atoms with van der Waals surface area (Å²) in [5.74, 6) is -2.32. The maximum atomic E-state index is 13.6. The lowest BCUT2D eigenvalue weighted by Crippen LogP contribution is -2.30. The molecule has 1 unspecified atom stereocenters. The van der Waals surface area contributed by atoms with E-state index in [9.17, 15) is 19.5 Å². The van der Waals surface area contributed by atoms with Gasteiger partial charge in [-0.15, -0.1) is 22.7 Å². The normalized spacial score (nSPS) is 16.1. The predicted molar refractivity (Wildman–Crippen MR) is 128 cm³/mol. The van der Waals surface area contributed by atoms with Crippen LogP contribution in [-0.2, 0) is 9.53 Å². The first-order valence-corrected chi connectivity index (χ1v) is 12.6. The molecule has 0 aromatic carbocycles.